The maximum Gasteiger partial charge on any atom is 0.260 e. The van der Waals surface area contributed by atoms with Gasteiger partial charge in [0.15, 0.2) is 6.61 Å². The van der Waals surface area contributed by atoms with Crippen LogP contribution in [0.4, 0.5) is 9.52 Å². The van der Waals surface area contributed by atoms with Crippen LogP contribution in [-0.2, 0) is 11.2 Å². The molecule has 1 aliphatic rings. The molecule has 162 valence electrons. The Morgan fingerprint density at radius 3 is 2.65 bits per heavy atom. The van der Waals surface area contributed by atoms with E-state index in [9.17, 15) is 9.18 Å². The predicted octanol–water partition coefficient (Wildman–Crippen LogP) is 4.04. The second-order valence-corrected chi connectivity index (χ2v) is 8.59. The topological polar surface area (TPSA) is 58.6 Å². The number of ether oxygens (including phenoxy) is 1. The van der Waals surface area contributed by atoms with Crippen molar-refractivity contribution in [3.8, 4) is 5.75 Å². The number of halogens is 2. The first-order chi connectivity index (χ1) is 15.0. The zero-order valence-corrected chi connectivity index (χ0v) is 18.6. The Morgan fingerprint density at radius 2 is 1.94 bits per heavy atom. The molecule has 1 unspecified atom stereocenters. The minimum Gasteiger partial charge on any atom is -0.484 e. The number of carbonyl (C=O) groups is 1. The van der Waals surface area contributed by atoms with E-state index in [2.05, 4.69) is 14.3 Å². The summed E-state index contributed by atoms with van der Waals surface area (Å²) in [5, 5.41) is 1.47. The molecule has 3 aromatic rings. The van der Waals surface area contributed by atoms with Gasteiger partial charge in [-0.15, -0.1) is 0 Å². The molecule has 1 amide bonds. The van der Waals surface area contributed by atoms with Gasteiger partial charge in [-0.1, -0.05) is 23.7 Å². The fourth-order valence-electron chi connectivity index (χ4n) is 3.49. The molecule has 0 saturated carbocycles. The molecule has 6 nitrogen and oxygen atoms in total. The summed E-state index contributed by atoms with van der Waals surface area (Å²) in [6.07, 6.45) is 0.562. The van der Waals surface area contributed by atoms with E-state index in [1.165, 1.54) is 23.7 Å². The predicted molar refractivity (Wildman–Crippen MR) is 119 cm³/mol. The molecule has 0 aliphatic carbocycles. The van der Waals surface area contributed by atoms with Crippen molar-refractivity contribution in [3.63, 3.8) is 0 Å². The minimum atomic E-state index is -0.254. The van der Waals surface area contributed by atoms with Gasteiger partial charge in [0.25, 0.3) is 5.91 Å². The number of benzene rings is 2. The van der Waals surface area contributed by atoms with Crippen molar-refractivity contribution in [1.29, 1.82) is 0 Å². The number of rotatable bonds is 6. The van der Waals surface area contributed by atoms with Gasteiger partial charge < -0.3 is 14.5 Å². The lowest BCUT2D eigenvalue weighted by Crippen LogP contribution is -2.55. The van der Waals surface area contributed by atoms with E-state index in [0.717, 1.165) is 10.7 Å². The molecule has 1 aliphatic heterocycles. The number of hydrogen-bond acceptors (Lipinski definition) is 6. The average Bonchev–Trinajstić information content (AvgIpc) is 3.23. The van der Waals surface area contributed by atoms with E-state index >= 15 is 0 Å². The van der Waals surface area contributed by atoms with Crippen molar-refractivity contribution in [3.05, 3.63) is 70.8 Å². The van der Waals surface area contributed by atoms with Gasteiger partial charge in [-0.3, -0.25) is 4.79 Å². The van der Waals surface area contributed by atoms with Gasteiger partial charge in [0.1, 0.15) is 17.4 Å². The number of hydrogen-bond donors (Lipinski definition) is 0. The molecule has 1 fully saturated rings. The van der Waals surface area contributed by atoms with E-state index in [4.69, 9.17) is 16.3 Å². The molecule has 0 spiro atoms. The third kappa shape index (κ3) is 5.51. The van der Waals surface area contributed by atoms with Gasteiger partial charge in [0, 0.05) is 48.7 Å². The summed E-state index contributed by atoms with van der Waals surface area (Å²) in [5.41, 5.74) is 0.968. The fraction of sp³-hybridized carbons (Fsp3) is 0.318. The minimum absolute atomic E-state index is 0.00734. The van der Waals surface area contributed by atoms with Gasteiger partial charge in [-0.05, 0) is 48.9 Å². The van der Waals surface area contributed by atoms with E-state index in [1.807, 2.05) is 11.8 Å². The molecule has 2 heterocycles. The molecule has 1 atom stereocenters. The van der Waals surface area contributed by atoms with Gasteiger partial charge in [-0.2, -0.15) is 4.37 Å². The van der Waals surface area contributed by atoms with Crippen LogP contribution in [0.25, 0.3) is 0 Å². The van der Waals surface area contributed by atoms with Gasteiger partial charge in [-0.25, -0.2) is 9.37 Å². The second-order valence-electron chi connectivity index (χ2n) is 7.42. The maximum absolute atomic E-state index is 13.1. The van der Waals surface area contributed by atoms with Crippen molar-refractivity contribution in [2.45, 2.75) is 19.4 Å². The first-order valence-electron chi connectivity index (χ1n) is 9.98. The third-order valence-electron chi connectivity index (χ3n) is 5.13. The lowest BCUT2D eigenvalue weighted by Gasteiger charge is -2.39. The number of amides is 1. The quantitative estimate of drug-likeness (QED) is 0.555. The molecule has 4 rings (SSSR count). The number of carbonyl (C=O) groups excluding carboxylic acids is 1. The molecule has 0 bridgehead atoms. The highest BCUT2D eigenvalue weighted by Gasteiger charge is 2.29. The molecular weight excluding hydrogens is 439 g/mol. The first-order valence-corrected chi connectivity index (χ1v) is 11.1. The highest BCUT2D eigenvalue weighted by Crippen LogP contribution is 2.23. The van der Waals surface area contributed by atoms with E-state index in [1.54, 1.807) is 36.4 Å². The second kappa shape index (κ2) is 9.62. The summed E-state index contributed by atoms with van der Waals surface area (Å²) in [5.74, 6) is 1.03. The van der Waals surface area contributed by atoms with Crippen LogP contribution in [0.15, 0.2) is 48.5 Å². The molecule has 31 heavy (non-hydrogen) atoms. The molecular formula is C22H22ClFN4O2S. The fourth-order valence-corrected chi connectivity index (χ4v) is 4.34. The normalized spacial score (nSPS) is 16.4. The van der Waals surface area contributed by atoms with Crippen LogP contribution in [0, 0.1) is 5.82 Å². The lowest BCUT2D eigenvalue weighted by molar-refractivity contribution is -0.135. The number of nitrogens with zero attached hydrogens (tertiary/aromatic N) is 4. The Labute approximate surface area is 189 Å². The number of anilines is 1. The lowest BCUT2D eigenvalue weighted by atomic mass is 10.1. The van der Waals surface area contributed by atoms with E-state index in [-0.39, 0.29) is 24.4 Å². The maximum atomic E-state index is 13.1. The smallest absolute Gasteiger partial charge is 0.260 e. The highest BCUT2D eigenvalue weighted by atomic mass is 35.5. The molecule has 0 N–H and O–H groups in total. The zero-order chi connectivity index (χ0) is 21.8. The van der Waals surface area contributed by atoms with Gasteiger partial charge in [0.2, 0.25) is 5.13 Å². The van der Waals surface area contributed by atoms with Crippen LogP contribution in [0.5, 0.6) is 5.75 Å². The van der Waals surface area contributed by atoms with Gasteiger partial charge in [0.05, 0.1) is 0 Å². The van der Waals surface area contributed by atoms with Crippen LogP contribution in [0.3, 0.4) is 0 Å². The Morgan fingerprint density at radius 1 is 1.19 bits per heavy atom. The molecule has 1 aromatic heterocycles. The first kappa shape index (κ1) is 21.5. The molecule has 0 radical (unpaired) electrons. The van der Waals surface area contributed by atoms with Crippen LogP contribution < -0.4 is 9.64 Å². The summed E-state index contributed by atoms with van der Waals surface area (Å²) in [7, 11) is 0. The Bertz CT molecular complexity index is 1030. The molecule has 9 heteroatoms. The van der Waals surface area contributed by atoms with Crippen LogP contribution in [-0.4, -0.2) is 52.4 Å². The van der Waals surface area contributed by atoms with E-state index < -0.39 is 0 Å². The molecule has 2 aromatic carbocycles. The average molecular weight is 461 g/mol. The summed E-state index contributed by atoms with van der Waals surface area (Å²) < 4.78 is 23.1. The SMILES string of the molecule is CC1CN(c2nc(Cc3ccc(F)cc3)ns2)CCN1C(=O)COc1ccc(Cl)cc1. The summed E-state index contributed by atoms with van der Waals surface area (Å²) in [4.78, 5) is 21.3. The number of piperazine rings is 1. The zero-order valence-electron chi connectivity index (χ0n) is 17.0. The summed E-state index contributed by atoms with van der Waals surface area (Å²) >= 11 is 7.22. The highest BCUT2D eigenvalue weighted by molar-refractivity contribution is 7.09. The van der Waals surface area contributed by atoms with Crippen molar-refractivity contribution in [2.75, 3.05) is 31.1 Å². The van der Waals surface area contributed by atoms with Crippen LogP contribution >= 0.6 is 23.1 Å². The third-order valence-corrected chi connectivity index (χ3v) is 6.19. The Hall–Kier alpha value is -2.71. The number of aromatic nitrogens is 2. The summed E-state index contributed by atoms with van der Waals surface area (Å²) in [6.45, 7) is 3.97. The largest absolute Gasteiger partial charge is 0.484 e. The van der Waals surface area contributed by atoms with Crippen molar-refractivity contribution < 1.29 is 13.9 Å². The molecule has 1 saturated heterocycles. The van der Waals surface area contributed by atoms with Gasteiger partial charge >= 0.3 is 0 Å². The van der Waals surface area contributed by atoms with Crippen molar-refractivity contribution in [2.24, 2.45) is 0 Å². The van der Waals surface area contributed by atoms with E-state index in [0.29, 0.717) is 42.7 Å². The Kier molecular flexibility index (Phi) is 6.67. The standard InChI is InChI=1S/C22H22ClFN4O2S/c1-15-13-27(22-25-20(26-31-22)12-16-2-6-18(24)7-3-16)10-11-28(15)21(29)14-30-19-8-4-17(23)5-9-19/h2-9,15H,10-14H2,1H3. The monoisotopic (exact) mass is 460 g/mol. The van der Waals surface area contributed by atoms with Crippen molar-refractivity contribution in [1.82, 2.24) is 14.3 Å². The Balaban J connectivity index is 1.30. The summed E-state index contributed by atoms with van der Waals surface area (Å²) in [6, 6.07) is 13.4. The van der Waals surface area contributed by atoms with Crippen LogP contribution in [0.2, 0.25) is 5.02 Å². The van der Waals surface area contributed by atoms with Crippen LogP contribution in [0.1, 0.15) is 18.3 Å². The van der Waals surface area contributed by atoms with Crippen molar-refractivity contribution >= 4 is 34.2 Å².